The predicted octanol–water partition coefficient (Wildman–Crippen LogP) is 1.89. The van der Waals surface area contributed by atoms with E-state index in [1.807, 2.05) is 6.92 Å². The van der Waals surface area contributed by atoms with Crippen molar-refractivity contribution in [1.29, 1.82) is 0 Å². The van der Waals surface area contributed by atoms with Gasteiger partial charge in [0.25, 0.3) is 0 Å². The first-order chi connectivity index (χ1) is 7.63. The second-order valence-electron chi connectivity index (χ2n) is 4.54. The van der Waals surface area contributed by atoms with Crippen molar-refractivity contribution in [3.63, 3.8) is 0 Å². The minimum Gasteiger partial charge on any atom is -0.480 e. The summed E-state index contributed by atoms with van der Waals surface area (Å²) in [4.78, 5) is 23.8. The van der Waals surface area contributed by atoms with Crippen LogP contribution in [0.25, 0.3) is 0 Å². The first kappa shape index (κ1) is 13.0. The van der Waals surface area contributed by atoms with Crippen LogP contribution in [0.2, 0.25) is 0 Å². The van der Waals surface area contributed by atoms with Crippen molar-refractivity contribution >= 4 is 11.9 Å². The molecule has 0 aromatic carbocycles. The number of carboxylic acid groups (broad SMARTS) is 1. The molecule has 4 heteroatoms. The second-order valence-corrected chi connectivity index (χ2v) is 4.54. The maximum atomic E-state index is 11.8. The maximum absolute atomic E-state index is 11.8. The summed E-state index contributed by atoms with van der Waals surface area (Å²) in [6, 6.07) is 0. The molecule has 1 aliphatic rings. The molecule has 1 amide bonds. The van der Waals surface area contributed by atoms with Gasteiger partial charge >= 0.3 is 5.97 Å². The largest absolute Gasteiger partial charge is 0.480 e. The van der Waals surface area contributed by atoms with E-state index in [0.717, 1.165) is 12.8 Å². The molecule has 0 aromatic heterocycles. The van der Waals surface area contributed by atoms with Gasteiger partial charge in [0.1, 0.15) is 6.54 Å². The van der Waals surface area contributed by atoms with Gasteiger partial charge in [-0.25, -0.2) is 0 Å². The second kappa shape index (κ2) is 6.51. The molecule has 0 unspecified atom stereocenters. The quantitative estimate of drug-likeness (QED) is 0.722. The number of nitrogens with zero attached hydrogens (tertiary/aromatic N) is 1. The van der Waals surface area contributed by atoms with Gasteiger partial charge in [0.05, 0.1) is 0 Å². The third kappa shape index (κ3) is 4.21. The van der Waals surface area contributed by atoms with Gasteiger partial charge in [-0.15, -0.1) is 0 Å². The number of rotatable bonds is 7. The van der Waals surface area contributed by atoms with Gasteiger partial charge < -0.3 is 10.0 Å². The molecule has 1 rings (SSSR count). The van der Waals surface area contributed by atoms with E-state index >= 15 is 0 Å². The molecular weight excluding hydrogens is 206 g/mol. The van der Waals surface area contributed by atoms with Crippen LogP contribution in [-0.4, -0.2) is 35.0 Å². The minimum absolute atomic E-state index is 0.00356. The Balaban J connectivity index is 2.29. The Morgan fingerprint density at radius 1 is 1.38 bits per heavy atom. The summed E-state index contributed by atoms with van der Waals surface area (Å²) in [5.74, 6) is -0.223. The van der Waals surface area contributed by atoms with E-state index < -0.39 is 5.97 Å². The van der Waals surface area contributed by atoms with E-state index in [0.29, 0.717) is 18.9 Å². The van der Waals surface area contributed by atoms with Gasteiger partial charge in [0, 0.05) is 13.0 Å². The molecule has 16 heavy (non-hydrogen) atoms. The Morgan fingerprint density at radius 2 is 2.06 bits per heavy atom. The lowest BCUT2D eigenvalue weighted by Crippen LogP contribution is -2.36. The van der Waals surface area contributed by atoms with Gasteiger partial charge in [0.2, 0.25) is 5.91 Å². The van der Waals surface area contributed by atoms with Gasteiger partial charge in [-0.05, 0) is 18.8 Å². The zero-order valence-electron chi connectivity index (χ0n) is 9.95. The summed E-state index contributed by atoms with van der Waals surface area (Å²) >= 11 is 0. The Hall–Kier alpha value is -1.06. The lowest BCUT2D eigenvalue weighted by atomic mass is 9.82. The lowest BCUT2D eigenvalue weighted by molar-refractivity contribution is -0.144. The Morgan fingerprint density at radius 3 is 2.50 bits per heavy atom. The Labute approximate surface area is 96.6 Å². The van der Waals surface area contributed by atoms with Gasteiger partial charge in [-0.3, -0.25) is 9.59 Å². The van der Waals surface area contributed by atoms with E-state index in [1.54, 1.807) is 0 Å². The van der Waals surface area contributed by atoms with Crippen molar-refractivity contribution in [2.24, 2.45) is 5.92 Å². The zero-order valence-corrected chi connectivity index (χ0v) is 9.95. The van der Waals surface area contributed by atoms with E-state index in [-0.39, 0.29) is 12.5 Å². The van der Waals surface area contributed by atoms with Crippen LogP contribution in [0.1, 0.15) is 45.4 Å². The first-order valence-electron chi connectivity index (χ1n) is 6.13. The normalized spacial score (nSPS) is 15.6. The maximum Gasteiger partial charge on any atom is 0.323 e. The molecule has 0 aromatic rings. The van der Waals surface area contributed by atoms with Gasteiger partial charge in [-0.1, -0.05) is 26.2 Å². The summed E-state index contributed by atoms with van der Waals surface area (Å²) in [6.07, 6.45) is 6.01. The molecule has 0 heterocycles. The molecular formula is C12H21NO3. The molecule has 0 radical (unpaired) electrons. The Bertz CT molecular complexity index is 249. The van der Waals surface area contributed by atoms with Crippen molar-refractivity contribution in [1.82, 2.24) is 4.90 Å². The highest BCUT2D eigenvalue weighted by atomic mass is 16.4. The highest BCUT2D eigenvalue weighted by Gasteiger charge is 2.21. The summed E-state index contributed by atoms with van der Waals surface area (Å²) in [7, 11) is 0. The fraction of sp³-hybridized carbons (Fsp3) is 0.833. The molecule has 0 aliphatic heterocycles. The average Bonchev–Trinajstić information content (AvgIpc) is 2.13. The van der Waals surface area contributed by atoms with Crippen molar-refractivity contribution in [2.75, 3.05) is 13.1 Å². The lowest BCUT2D eigenvalue weighted by Gasteiger charge is -2.26. The average molecular weight is 227 g/mol. The van der Waals surface area contributed by atoms with Crippen LogP contribution in [0, 0.1) is 5.92 Å². The standard InChI is InChI=1S/C12H21NO3/c1-2-8-13(9-12(15)16)11(14)7-6-10-4-3-5-10/h10H,2-9H2,1H3,(H,15,16). The molecule has 1 fully saturated rings. The van der Waals surface area contributed by atoms with Crippen molar-refractivity contribution in [3.05, 3.63) is 0 Å². The molecule has 0 atom stereocenters. The van der Waals surface area contributed by atoms with Crippen LogP contribution in [0.4, 0.5) is 0 Å². The fourth-order valence-electron chi connectivity index (χ4n) is 1.99. The van der Waals surface area contributed by atoms with Crippen molar-refractivity contribution < 1.29 is 14.7 Å². The number of carbonyl (C=O) groups is 2. The number of hydrogen-bond donors (Lipinski definition) is 1. The van der Waals surface area contributed by atoms with Crippen LogP contribution in [-0.2, 0) is 9.59 Å². The van der Waals surface area contributed by atoms with E-state index in [1.165, 1.54) is 24.2 Å². The van der Waals surface area contributed by atoms with Crippen LogP contribution in [0.15, 0.2) is 0 Å². The molecule has 92 valence electrons. The predicted molar refractivity (Wildman–Crippen MR) is 61.1 cm³/mol. The molecule has 0 saturated heterocycles. The van der Waals surface area contributed by atoms with Gasteiger partial charge in [0.15, 0.2) is 0 Å². The van der Waals surface area contributed by atoms with Crippen LogP contribution in [0.3, 0.4) is 0 Å². The third-order valence-electron chi connectivity index (χ3n) is 3.16. The number of amides is 1. The highest BCUT2D eigenvalue weighted by Crippen LogP contribution is 2.30. The van der Waals surface area contributed by atoms with Crippen LogP contribution in [0.5, 0.6) is 0 Å². The van der Waals surface area contributed by atoms with Crippen LogP contribution >= 0.6 is 0 Å². The van der Waals surface area contributed by atoms with Crippen molar-refractivity contribution in [2.45, 2.75) is 45.4 Å². The highest BCUT2D eigenvalue weighted by molar-refractivity contribution is 5.81. The monoisotopic (exact) mass is 227 g/mol. The molecule has 4 nitrogen and oxygen atoms in total. The Kier molecular flexibility index (Phi) is 5.29. The number of aliphatic carboxylic acids is 1. The van der Waals surface area contributed by atoms with Crippen molar-refractivity contribution in [3.8, 4) is 0 Å². The number of carboxylic acids is 1. The van der Waals surface area contributed by atoms with Crippen LogP contribution < -0.4 is 0 Å². The summed E-state index contributed by atoms with van der Waals surface area (Å²) in [5.41, 5.74) is 0. The summed E-state index contributed by atoms with van der Waals surface area (Å²) in [6.45, 7) is 2.35. The number of hydrogen-bond acceptors (Lipinski definition) is 2. The van der Waals surface area contributed by atoms with Gasteiger partial charge in [-0.2, -0.15) is 0 Å². The molecule has 1 aliphatic carbocycles. The third-order valence-corrected chi connectivity index (χ3v) is 3.16. The topological polar surface area (TPSA) is 57.6 Å². The van der Waals surface area contributed by atoms with E-state index in [9.17, 15) is 9.59 Å². The number of carbonyl (C=O) groups excluding carboxylic acids is 1. The summed E-state index contributed by atoms with van der Waals surface area (Å²) in [5, 5.41) is 8.70. The molecule has 1 N–H and O–H groups in total. The summed E-state index contributed by atoms with van der Waals surface area (Å²) < 4.78 is 0. The molecule has 0 bridgehead atoms. The van der Waals surface area contributed by atoms with E-state index in [4.69, 9.17) is 5.11 Å². The molecule has 0 spiro atoms. The molecule has 1 saturated carbocycles. The minimum atomic E-state index is -0.926. The zero-order chi connectivity index (χ0) is 12.0. The first-order valence-corrected chi connectivity index (χ1v) is 6.13. The fourth-order valence-corrected chi connectivity index (χ4v) is 1.99. The van der Waals surface area contributed by atoms with E-state index in [2.05, 4.69) is 0 Å². The smallest absolute Gasteiger partial charge is 0.323 e. The SMILES string of the molecule is CCCN(CC(=O)O)C(=O)CCC1CCC1.